The summed E-state index contributed by atoms with van der Waals surface area (Å²) in [6.45, 7) is 2.86. The van der Waals surface area contributed by atoms with E-state index in [2.05, 4.69) is 20.2 Å². The third kappa shape index (κ3) is 6.61. The maximum atomic E-state index is 12.6. The zero-order valence-electron chi connectivity index (χ0n) is 21.2. The molecule has 200 valence electrons. The summed E-state index contributed by atoms with van der Waals surface area (Å²) in [5, 5.41) is 4.55. The molecule has 3 heterocycles. The third-order valence-electron chi connectivity index (χ3n) is 7.19. The van der Waals surface area contributed by atoms with E-state index in [9.17, 15) is 4.79 Å². The highest BCUT2D eigenvalue weighted by Crippen LogP contribution is 2.27. The fraction of sp³-hybridized carbons (Fsp3) is 0.429. The van der Waals surface area contributed by atoms with Crippen molar-refractivity contribution in [1.82, 2.24) is 25.2 Å². The molecular formula is C28H32Cl2N6O2. The molecule has 1 unspecified atom stereocenters. The van der Waals surface area contributed by atoms with Gasteiger partial charge in [-0.2, -0.15) is 0 Å². The minimum Gasteiger partial charge on any atom is -0.461 e. The number of carbonyl (C=O) groups excluding carboxylic acids is 1. The van der Waals surface area contributed by atoms with Crippen LogP contribution in [0.2, 0.25) is 10.0 Å². The van der Waals surface area contributed by atoms with Crippen molar-refractivity contribution in [2.45, 2.75) is 57.2 Å². The Bertz CT molecular complexity index is 1250. The summed E-state index contributed by atoms with van der Waals surface area (Å²) in [6.07, 6.45) is 8.97. The van der Waals surface area contributed by atoms with Crippen molar-refractivity contribution in [3.63, 3.8) is 0 Å². The lowest BCUT2D eigenvalue weighted by Crippen LogP contribution is -2.54. The highest BCUT2D eigenvalue weighted by Gasteiger charge is 2.29. The molecule has 2 aromatic heterocycles. The number of nitrogen functional groups attached to an aromatic ring is 1. The lowest BCUT2D eigenvalue weighted by Gasteiger charge is -2.32. The van der Waals surface area contributed by atoms with Crippen LogP contribution in [0.4, 0.5) is 5.82 Å². The molecule has 8 nitrogen and oxygen atoms in total. The number of ether oxygens (including phenoxy) is 1. The van der Waals surface area contributed by atoms with Crippen LogP contribution in [-0.2, 0) is 28.9 Å². The second kappa shape index (κ2) is 12.4. The van der Waals surface area contributed by atoms with Gasteiger partial charge in [0.25, 0.3) is 0 Å². The predicted molar refractivity (Wildman–Crippen MR) is 149 cm³/mol. The van der Waals surface area contributed by atoms with Crippen molar-refractivity contribution in [2.24, 2.45) is 0 Å². The first-order chi connectivity index (χ1) is 18.5. The number of halogens is 2. The quantitative estimate of drug-likeness (QED) is 0.392. The molecular weight excluding hydrogens is 523 g/mol. The van der Waals surface area contributed by atoms with Gasteiger partial charge in [-0.3, -0.25) is 14.7 Å². The Hall–Kier alpha value is -2.78. The number of nitrogens with zero attached hydrogens (tertiary/aromatic N) is 4. The van der Waals surface area contributed by atoms with Crippen molar-refractivity contribution in [3.05, 3.63) is 69.7 Å². The van der Waals surface area contributed by atoms with Gasteiger partial charge >= 0.3 is 5.97 Å². The molecule has 1 aliphatic carbocycles. The number of benzene rings is 1. The molecule has 5 rings (SSSR count). The van der Waals surface area contributed by atoms with Crippen LogP contribution >= 0.6 is 23.2 Å². The second-order valence-corrected chi connectivity index (χ2v) is 10.7. The van der Waals surface area contributed by atoms with E-state index < -0.39 is 0 Å². The molecule has 1 atom stereocenters. The maximum Gasteiger partial charge on any atom is 0.324 e. The molecule has 0 bridgehead atoms. The first-order valence-electron chi connectivity index (χ1n) is 13.1. The Morgan fingerprint density at radius 3 is 2.61 bits per heavy atom. The van der Waals surface area contributed by atoms with E-state index in [0.717, 1.165) is 55.6 Å². The van der Waals surface area contributed by atoms with E-state index in [-0.39, 0.29) is 18.1 Å². The first kappa shape index (κ1) is 26.8. The van der Waals surface area contributed by atoms with E-state index in [1.54, 1.807) is 12.4 Å². The molecule has 38 heavy (non-hydrogen) atoms. The first-order valence-corrected chi connectivity index (χ1v) is 13.9. The molecule has 0 amide bonds. The van der Waals surface area contributed by atoms with E-state index >= 15 is 0 Å². The predicted octanol–water partition coefficient (Wildman–Crippen LogP) is 4.47. The van der Waals surface area contributed by atoms with Crippen LogP contribution in [0.5, 0.6) is 0 Å². The Morgan fingerprint density at radius 1 is 1.08 bits per heavy atom. The fourth-order valence-corrected chi connectivity index (χ4v) is 5.62. The van der Waals surface area contributed by atoms with Crippen LogP contribution < -0.4 is 11.1 Å². The normalized spacial score (nSPS) is 18.5. The number of esters is 1. The molecule has 0 radical (unpaired) electrons. The minimum absolute atomic E-state index is 0.0831. The molecule has 3 aromatic rings. The Morgan fingerprint density at radius 2 is 1.87 bits per heavy atom. The van der Waals surface area contributed by atoms with Gasteiger partial charge in [0.15, 0.2) is 0 Å². The largest absolute Gasteiger partial charge is 0.461 e. The number of piperazine rings is 1. The summed E-state index contributed by atoms with van der Waals surface area (Å²) in [7, 11) is 0. The Balaban J connectivity index is 1.20. The van der Waals surface area contributed by atoms with Gasteiger partial charge < -0.3 is 15.8 Å². The molecule has 3 N–H and O–H groups in total. The Kier molecular flexibility index (Phi) is 8.74. The van der Waals surface area contributed by atoms with Crippen molar-refractivity contribution in [1.29, 1.82) is 0 Å². The molecule has 2 aliphatic rings. The number of hydrogen-bond acceptors (Lipinski definition) is 8. The minimum atomic E-state index is -0.298. The van der Waals surface area contributed by atoms with Gasteiger partial charge in [0, 0.05) is 48.0 Å². The summed E-state index contributed by atoms with van der Waals surface area (Å²) in [4.78, 5) is 28.6. The number of nitrogens with two attached hydrogens (primary N) is 1. The molecule has 1 aromatic carbocycles. The highest BCUT2D eigenvalue weighted by molar-refractivity contribution is 6.36. The summed E-state index contributed by atoms with van der Waals surface area (Å²) < 4.78 is 5.71. The van der Waals surface area contributed by atoms with Gasteiger partial charge in [-0.15, -0.1) is 0 Å². The molecule has 1 saturated carbocycles. The van der Waals surface area contributed by atoms with Crippen LogP contribution in [0.25, 0.3) is 11.3 Å². The SMILES string of the molecule is Nc1ncc(-c2ccc(CN3CCNC(C(=O)OC4CCCC4)C3)nc2)nc1CCc1c(Cl)cccc1Cl. The average molecular weight is 556 g/mol. The fourth-order valence-electron chi connectivity index (χ4n) is 5.04. The number of rotatable bonds is 8. The number of anilines is 1. The van der Waals surface area contributed by atoms with E-state index in [0.29, 0.717) is 53.2 Å². The number of hydrogen-bond donors (Lipinski definition) is 2. The summed E-state index contributed by atoms with van der Waals surface area (Å²) >= 11 is 12.6. The summed E-state index contributed by atoms with van der Waals surface area (Å²) in [5.74, 6) is 0.251. The van der Waals surface area contributed by atoms with Crippen LogP contribution in [0.1, 0.15) is 42.6 Å². The van der Waals surface area contributed by atoms with Gasteiger partial charge in [0.2, 0.25) is 0 Å². The standard InChI is InChI=1S/C28H32Cl2N6O2/c29-22-6-3-7-23(30)21(22)10-11-24-27(31)34-15-25(35-24)18-8-9-19(33-14-18)16-36-13-12-32-26(17-36)28(37)38-20-4-1-2-5-20/h3,6-9,14-15,20,26,32H,1-2,4-5,10-13,16-17H2,(H2,31,34). The van der Waals surface area contributed by atoms with E-state index in [4.69, 9.17) is 38.7 Å². The van der Waals surface area contributed by atoms with Crippen molar-refractivity contribution >= 4 is 35.0 Å². The number of pyridine rings is 1. The van der Waals surface area contributed by atoms with E-state index in [1.807, 2.05) is 30.3 Å². The van der Waals surface area contributed by atoms with Crippen LogP contribution in [0.15, 0.2) is 42.7 Å². The van der Waals surface area contributed by atoms with Gasteiger partial charge in [0.05, 0.1) is 23.3 Å². The maximum absolute atomic E-state index is 12.6. The smallest absolute Gasteiger partial charge is 0.324 e. The molecule has 0 spiro atoms. The lowest BCUT2D eigenvalue weighted by atomic mass is 10.1. The number of carbonyl (C=O) groups is 1. The van der Waals surface area contributed by atoms with Gasteiger partial charge in [-0.1, -0.05) is 29.3 Å². The zero-order valence-corrected chi connectivity index (χ0v) is 22.7. The zero-order chi connectivity index (χ0) is 26.5. The second-order valence-electron chi connectivity index (χ2n) is 9.91. The average Bonchev–Trinajstić information content (AvgIpc) is 3.43. The Labute approximate surface area is 232 Å². The van der Waals surface area contributed by atoms with Crippen LogP contribution in [-0.4, -0.2) is 57.6 Å². The number of aryl methyl sites for hydroxylation is 1. The topological polar surface area (TPSA) is 106 Å². The summed E-state index contributed by atoms with van der Waals surface area (Å²) in [6, 6.07) is 9.16. The molecule has 1 aliphatic heterocycles. The number of nitrogens with one attached hydrogen (secondary N) is 1. The summed E-state index contributed by atoms with van der Waals surface area (Å²) in [5.41, 5.74) is 10.2. The van der Waals surface area contributed by atoms with Crippen molar-refractivity contribution < 1.29 is 9.53 Å². The van der Waals surface area contributed by atoms with Crippen LogP contribution in [0.3, 0.4) is 0 Å². The molecule has 1 saturated heterocycles. The third-order valence-corrected chi connectivity index (χ3v) is 7.89. The van der Waals surface area contributed by atoms with Gasteiger partial charge in [0.1, 0.15) is 18.0 Å². The van der Waals surface area contributed by atoms with Crippen LogP contribution in [0, 0.1) is 0 Å². The highest BCUT2D eigenvalue weighted by atomic mass is 35.5. The molecule has 10 heteroatoms. The van der Waals surface area contributed by atoms with Gasteiger partial charge in [-0.25, -0.2) is 9.97 Å². The lowest BCUT2D eigenvalue weighted by molar-refractivity contribution is -0.152. The van der Waals surface area contributed by atoms with Crippen molar-refractivity contribution in [2.75, 3.05) is 25.4 Å². The van der Waals surface area contributed by atoms with Gasteiger partial charge in [-0.05, 0) is 68.4 Å². The van der Waals surface area contributed by atoms with Crippen molar-refractivity contribution in [3.8, 4) is 11.3 Å². The van der Waals surface area contributed by atoms with E-state index in [1.165, 1.54) is 0 Å². The number of aromatic nitrogens is 3. The molecule has 2 fully saturated rings. The monoisotopic (exact) mass is 554 g/mol.